The van der Waals surface area contributed by atoms with Crippen LogP contribution < -0.4 is 5.32 Å². The first-order chi connectivity index (χ1) is 10.9. The molecule has 0 unspecified atom stereocenters. The van der Waals surface area contributed by atoms with Gasteiger partial charge in [0.2, 0.25) is 0 Å². The molecule has 0 aliphatic rings. The number of ketones is 1. The van der Waals surface area contributed by atoms with Crippen LogP contribution in [0.4, 0.5) is 11.4 Å². The van der Waals surface area contributed by atoms with Crippen molar-refractivity contribution < 1.29 is 17.8 Å². The van der Waals surface area contributed by atoms with Gasteiger partial charge in [0.1, 0.15) is 5.69 Å². The second kappa shape index (κ2) is 7.12. The number of nitrogens with zero attached hydrogens (tertiary/aromatic N) is 1. The summed E-state index contributed by atoms with van der Waals surface area (Å²) < 4.78 is 31.1. The number of anilines is 1. The highest BCUT2D eigenvalue weighted by Gasteiger charge is 2.12. The monoisotopic (exact) mass is 334 g/mol. The van der Waals surface area contributed by atoms with Crippen molar-refractivity contribution in [3.05, 3.63) is 59.0 Å². The van der Waals surface area contributed by atoms with Crippen molar-refractivity contribution in [2.45, 2.75) is 11.3 Å². The van der Waals surface area contributed by atoms with Gasteiger partial charge in [0.25, 0.3) is 10.1 Å². The maximum atomic E-state index is 12.0. The summed E-state index contributed by atoms with van der Waals surface area (Å²) in [5.41, 5.74) is 1.26. The van der Waals surface area contributed by atoms with Gasteiger partial charge in [-0.3, -0.25) is 9.35 Å². The minimum absolute atomic E-state index is 0.141. The Kier molecular flexibility index (Phi) is 5.20. The molecule has 0 amide bonds. The number of benzene rings is 2. The van der Waals surface area contributed by atoms with Crippen molar-refractivity contribution in [3.8, 4) is 0 Å². The summed E-state index contributed by atoms with van der Waals surface area (Å²) in [4.78, 5) is 22.0. The van der Waals surface area contributed by atoms with E-state index in [1.165, 1.54) is 18.2 Å². The van der Waals surface area contributed by atoms with Gasteiger partial charge >= 0.3 is 0 Å². The smallest absolute Gasteiger partial charge is 0.294 e. The molecule has 2 aromatic rings. The summed E-state index contributed by atoms with van der Waals surface area (Å²) in [5.74, 6) is -0.255. The Bertz CT molecular complexity index is 816. The highest BCUT2D eigenvalue weighted by molar-refractivity contribution is 7.85. The highest BCUT2D eigenvalue weighted by atomic mass is 32.2. The van der Waals surface area contributed by atoms with E-state index in [2.05, 4.69) is 10.5 Å². The third-order valence-electron chi connectivity index (χ3n) is 3.11. The number of hydrogen-bond acceptors (Lipinski definition) is 6. The van der Waals surface area contributed by atoms with Gasteiger partial charge in [-0.1, -0.05) is 12.1 Å². The van der Waals surface area contributed by atoms with Crippen LogP contribution in [-0.2, 0) is 10.1 Å². The third kappa shape index (κ3) is 4.70. The Balaban J connectivity index is 1.95. The van der Waals surface area contributed by atoms with Gasteiger partial charge in [0, 0.05) is 24.2 Å². The van der Waals surface area contributed by atoms with E-state index in [1.54, 1.807) is 24.3 Å². The van der Waals surface area contributed by atoms with Gasteiger partial charge in [-0.05, 0) is 41.6 Å². The highest BCUT2D eigenvalue weighted by Crippen LogP contribution is 2.16. The van der Waals surface area contributed by atoms with Gasteiger partial charge in [0.15, 0.2) is 5.78 Å². The van der Waals surface area contributed by atoms with Gasteiger partial charge in [-0.25, -0.2) is 0 Å². The number of Topliss-reactive ketones (excluding diaryl/α,β-unsaturated/α-hetero) is 1. The van der Waals surface area contributed by atoms with E-state index in [0.29, 0.717) is 12.2 Å². The third-order valence-corrected chi connectivity index (χ3v) is 3.96. The Morgan fingerprint density at radius 2 is 1.83 bits per heavy atom. The van der Waals surface area contributed by atoms with Crippen molar-refractivity contribution >= 4 is 27.3 Å². The second-order valence-electron chi connectivity index (χ2n) is 4.74. The quantitative estimate of drug-likeness (QED) is 0.457. The SMILES string of the molecule is O=Nc1ccc(NCCC(=O)c2cccc(S(=O)(=O)O)c2)cc1. The van der Waals surface area contributed by atoms with E-state index in [1.807, 2.05) is 0 Å². The van der Waals surface area contributed by atoms with Gasteiger partial charge in [-0.15, -0.1) is 4.91 Å². The summed E-state index contributed by atoms with van der Waals surface area (Å²) in [7, 11) is -4.33. The minimum Gasteiger partial charge on any atom is -0.385 e. The van der Waals surface area contributed by atoms with Gasteiger partial charge in [-0.2, -0.15) is 8.42 Å². The van der Waals surface area contributed by atoms with Crippen LogP contribution in [0.5, 0.6) is 0 Å². The lowest BCUT2D eigenvalue weighted by molar-refractivity contribution is 0.0986. The fourth-order valence-electron chi connectivity index (χ4n) is 1.93. The lowest BCUT2D eigenvalue weighted by Crippen LogP contribution is -2.09. The molecule has 0 bridgehead atoms. The molecule has 7 nitrogen and oxygen atoms in total. The Labute approximate surface area is 133 Å². The van der Waals surface area contributed by atoms with E-state index in [4.69, 9.17) is 4.55 Å². The molecule has 8 heteroatoms. The minimum atomic E-state index is -4.33. The molecule has 23 heavy (non-hydrogen) atoms. The molecule has 0 aromatic heterocycles. The molecule has 0 saturated carbocycles. The number of rotatable bonds is 7. The number of hydrogen-bond donors (Lipinski definition) is 2. The summed E-state index contributed by atoms with van der Waals surface area (Å²) in [6.07, 6.45) is 0.141. The molecule has 0 spiro atoms. The molecule has 0 atom stereocenters. The largest absolute Gasteiger partial charge is 0.385 e. The Morgan fingerprint density at radius 3 is 2.43 bits per heavy atom. The van der Waals surface area contributed by atoms with Gasteiger partial charge in [0.05, 0.1) is 4.90 Å². The molecule has 0 fully saturated rings. The number of nitrogens with one attached hydrogen (secondary N) is 1. The molecule has 0 aliphatic carbocycles. The zero-order valence-electron chi connectivity index (χ0n) is 12.0. The fourth-order valence-corrected chi connectivity index (χ4v) is 2.46. The average molecular weight is 334 g/mol. The Morgan fingerprint density at radius 1 is 1.13 bits per heavy atom. The lowest BCUT2D eigenvalue weighted by Gasteiger charge is -2.06. The van der Waals surface area contributed by atoms with Crippen LogP contribution >= 0.6 is 0 Å². The van der Waals surface area contributed by atoms with E-state index in [9.17, 15) is 18.1 Å². The molecule has 2 aromatic carbocycles. The normalized spacial score (nSPS) is 11.0. The molecule has 0 radical (unpaired) electrons. The van der Waals surface area contributed by atoms with Crippen molar-refractivity contribution in [1.29, 1.82) is 0 Å². The standard InChI is InChI=1S/C15H14N2O5S/c18-15(11-2-1-3-14(10-11)23(20,21)22)8-9-16-12-4-6-13(17-19)7-5-12/h1-7,10,16H,8-9H2,(H,20,21,22). The van der Waals surface area contributed by atoms with Crippen LogP contribution in [0.25, 0.3) is 0 Å². The summed E-state index contributed by atoms with van der Waals surface area (Å²) in [5, 5.41) is 5.80. The predicted octanol–water partition coefficient (Wildman–Crippen LogP) is 3.02. The number of carbonyl (C=O) groups is 1. The number of carbonyl (C=O) groups excluding carboxylic acids is 1. The first-order valence-electron chi connectivity index (χ1n) is 6.68. The maximum absolute atomic E-state index is 12.0. The fraction of sp³-hybridized carbons (Fsp3) is 0.133. The van der Waals surface area contributed by atoms with Crippen molar-refractivity contribution in [2.24, 2.45) is 5.18 Å². The molecular formula is C15H14N2O5S. The first-order valence-corrected chi connectivity index (χ1v) is 8.12. The first kappa shape index (κ1) is 16.8. The van der Waals surface area contributed by atoms with Crippen LogP contribution in [0.2, 0.25) is 0 Å². The van der Waals surface area contributed by atoms with Crippen molar-refractivity contribution in [1.82, 2.24) is 0 Å². The molecule has 0 heterocycles. The predicted molar refractivity (Wildman–Crippen MR) is 85.6 cm³/mol. The zero-order valence-corrected chi connectivity index (χ0v) is 12.8. The van der Waals surface area contributed by atoms with Crippen molar-refractivity contribution in [3.63, 3.8) is 0 Å². The molecule has 120 valence electrons. The van der Waals surface area contributed by atoms with E-state index in [-0.39, 0.29) is 22.7 Å². The van der Waals surface area contributed by atoms with E-state index >= 15 is 0 Å². The summed E-state index contributed by atoms with van der Waals surface area (Å²) in [6, 6.07) is 11.7. The maximum Gasteiger partial charge on any atom is 0.294 e. The molecule has 0 aliphatic heterocycles. The molecule has 2 N–H and O–H groups in total. The molecule has 2 rings (SSSR count). The lowest BCUT2D eigenvalue weighted by atomic mass is 10.1. The number of nitroso groups, excluding NO2 is 1. The van der Waals surface area contributed by atoms with Crippen LogP contribution in [0.3, 0.4) is 0 Å². The zero-order chi connectivity index (χ0) is 16.9. The van der Waals surface area contributed by atoms with E-state index < -0.39 is 10.1 Å². The van der Waals surface area contributed by atoms with E-state index in [0.717, 1.165) is 11.8 Å². The van der Waals surface area contributed by atoms with Crippen LogP contribution in [-0.4, -0.2) is 25.3 Å². The van der Waals surface area contributed by atoms with Gasteiger partial charge < -0.3 is 5.32 Å². The van der Waals surface area contributed by atoms with Crippen LogP contribution in [0.15, 0.2) is 58.6 Å². The van der Waals surface area contributed by atoms with Crippen LogP contribution in [0, 0.1) is 4.91 Å². The van der Waals surface area contributed by atoms with Crippen molar-refractivity contribution in [2.75, 3.05) is 11.9 Å². The summed E-state index contributed by atoms with van der Waals surface area (Å²) in [6.45, 7) is 0.336. The van der Waals surface area contributed by atoms with Crippen LogP contribution in [0.1, 0.15) is 16.8 Å². The second-order valence-corrected chi connectivity index (χ2v) is 6.16. The molecule has 0 saturated heterocycles. The topological polar surface area (TPSA) is 113 Å². The summed E-state index contributed by atoms with van der Waals surface area (Å²) >= 11 is 0. The molecular weight excluding hydrogens is 320 g/mol. The average Bonchev–Trinajstić information content (AvgIpc) is 2.54. The Hall–Kier alpha value is -2.58.